The zero-order valence-corrected chi connectivity index (χ0v) is 10.1. The quantitative estimate of drug-likeness (QED) is 0.374. The Hall–Kier alpha value is 0.597. The Morgan fingerprint density at radius 3 is 1.00 bits per heavy atom. The molecule has 0 N–H and O–H groups in total. The maximum absolute atomic E-state index is 2.28. The van der Waals surface area contributed by atoms with E-state index in [0.29, 0.717) is 0 Å². The van der Waals surface area contributed by atoms with E-state index >= 15 is 0 Å². The van der Waals surface area contributed by atoms with Gasteiger partial charge in [-0.15, -0.1) is 0 Å². The molecule has 0 nitrogen and oxygen atoms in total. The van der Waals surface area contributed by atoms with Gasteiger partial charge in [-0.1, -0.05) is 78.1 Å². The normalized spacial score (nSPS) is 9.69. The number of hydrogen-bond acceptors (Lipinski definition) is 0. The Morgan fingerprint density at radius 2 is 0.769 bits per heavy atom. The van der Waals surface area contributed by atoms with Crippen LogP contribution >= 0.6 is 0 Å². The van der Waals surface area contributed by atoms with Crippen molar-refractivity contribution in [2.45, 2.75) is 78.1 Å². The molecule has 0 aromatic heterocycles. The van der Waals surface area contributed by atoms with E-state index in [9.17, 15) is 0 Å². The molecule has 0 aliphatic carbocycles. The van der Waals surface area contributed by atoms with Crippen LogP contribution in [0.1, 0.15) is 79.5 Å². The van der Waals surface area contributed by atoms with Gasteiger partial charge in [-0.2, -0.15) is 0 Å². The number of hydrogen-bond donors (Lipinski definition) is 0. The van der Waals surface area contributed by atoms with Crippen molar-refractivity contribution in [2.75, 3.05) is 0 Å². The molecule has 0 bridgehead atoms. The monoisotopic (exact) mass is 178 g/mol. The van der Waals surface area contributed by atoms with Crippen molar-refractivity contribution in [1.29, 1.82) is 0 Å². The van der Waals surface area contributed by atoms with E-state index in [-0.39, 0.29) is 20.3 Å². The van der Waals surface area contributed by atoms with Crippen LogP contribution in [0, 0.1) is 0 Å². The molecule has 1 heteroatoms. The SMILES string of the molecule is CCCCCCCCCCCC.[H-].[Li+]. The minimum absolute atomic E-state index is 0. The zero-order valence-electron chi connectivity index (χ0n) is 11.1. The molecule has 0 saturated heterocycles. The van der Waals surface area contributed by atoms with Gasteiger partial charge in [0, 0.05) is 0 Å². The molecule has 76 valence electrons. The van der Waals surface area contributed by atoms with Crippen molar-refractivity contribution in [3.8, 4) is 0 Å². The zero-order chi connectivity index (χ0) is 9.07. The summed E-state index contributed by atoms with van der Waals surface area (Å²) in [4.78, 5) is 0. The van der Waals surface area contributed by atoms with Crippen LogP contribution in [0.4, 0.5) is 0 Å². The van der Waals surface area contributed by atoms with Crippen molar-refractivity contribution in [2.24, 2.45) is 0 Å². The summed E-state index contributed by atoms with van der Waals surface area (Å²) in [6.07, 6.45) is 14.4. The summed E-state index contributed by atoms with van der Waals surface area (Å²) >= 11 is 0. The first-order valence-electron chi connectivity index (χ1n) is 5.91. The molecule has 0 rings (SSSR count). The Kier molecular flexibility index (Phi) is 18.6. The second-order valence-corrected chi connectivity index (χ2v) is 3.83. The Bertz CT molecular complexity index is 66.7. The van der Waals surface area contributed by atoms with E-state index < -0.39 is 0 Å². The molecule has 13 heavy (non-hydrogen) atoms. The molecule has 0 amide bonds. The fraction of sp³-hybridized carbons (Fsp3) is 1.00. The minimum Gasteiger partial charge on any atom is -1.00 e. The molecule has 0 aromatic rings. The molecule has 0 aliphatic rings. The topological polar surface area (TPSA) is 0 Å². The predicted molar refractivity (Wildman–Crippen MR) is 58.6 cm³/mol. The van der Waals surface area contributed by atoms with Crippen LogP contribution in [0.25, 0.3) is 0 Å². The third-order valence-corrected chi connectivity index (χ3v) is 2.46. The average Bonchev–Trinajstić information content (AvgIpc) is 2.10. The van der Waals surface area contributed by atoms with E-state index in [1.807, 2.05) is 0 Å². The fourth-order valence-corrected chi connectivity index (χ4v) is 1.56. The molecule has 0 radical (unpaired) electrons. The summed E-state index contributed by atoms with van der Waals surface area (Å²) < 4.78 is 0. The van der Waals surface area contributed by atoms with Gasteiger partial charge in [0.05, 0.1) is 0 Å². The van der Waals surface area contributed by atoms with Crippen LogP contribution in [-0.4, -0.2) is 0 Å². The van der Waals surface area contributed by atoms with Crippen molar-refractivity contribution in [3.05, 3.63) is 0 Å². The van der Waals surface area contributed by atoms with Gasteiger partial charge in [0.1, 0.15) is 0 Å². The second kappa shape index (κ2) is 15.1. The van der Waals surface area contributed by atoms with E-state index in [1.165, 1.54) is 64.2 Å². The Labute approximate surface area is 98.5 Å². The van der Waals surface area contributed by atoms with Crippen LogP contribution in [0.3, 0.4) is 0 Å². The van der Waals surface area contributed by atoms with Crippen molar-refractivity contribution in [1.82, 2.24) is 0 Å². The molecular weight excluding hydrogens is 151 g/mol. The molecule has 0 aliphatic heterocycles. The summed E-state index contributed by atoms with van der Waals surface area (Å²) in [5.41, 5.74) is 0. The summed E-state index contributed by atoms with van der Waals surface area (Å²) in [6, 6.07) is 0. The Morgan fingerprint density at radius 1 is 0.538 bits per heavy atom. The largest absolute Gasteiger partial charge is 1.00 e. The van der Waals surface area contributed by atoms with Gasteiger partial charge in [0.2, 0.25) is 0 Å². The average molecular weight is 178 g/mol. The third kappa shape index (κ3) is 15.4. The van der Waals surface area contributed by atoms with Crippen LogP contribution in [0.2, 0.25) is 0 Å². The Balaban J connectivity index is -0.000000605. The van der Waals surface area contributed by atoms with Gasteiger partial charge >= 0.3 is 18.9 Å². The molecule has 0 atom stereocenters. The summed E-state index contributed by atoms with van der Waals surface area (Å²) in [7, 11) is 0. The molecule has 0 heterocycles. The van der Waals surface area contributed by atoms with Crippen LogP contribution in [0.5, 0.6) is 0 Å². The molecule has 0 fully saturated rings. The fourth-order valence-electron chi connectivity index (χ4n) is 1.56. The molecule has 0 saturated carbocycles. The number of rotatable bonds is 9. The maximum atomic E-state index is 2.28. The van der Waals surface area contributed by atoms with Crippen LogP contribution in [0.15, 0.2) is 0 Å². The standard InChI is InChI=1S/C12H26.Li.H/c1-3-5-7-9-11-12-10-8-6-4-2;;/h3-12H2,1-2H3;;/q;+1;-1. The molecular formula is C12H27Li. The molecule has 0 spiro atoms. The van der Waals surface area contributed by atoms with Gasteiger partial charge in [0.25, 0.3) is 0 Å². The van der Waals surface area contributed by atoms with E-state index in [0.717, 1.165) is 0 Å². The summed E-state index contributed by atoms with van der Waals surface area (Å²) in [5, 5.41) is 0. The molecule has 0 unspecified atom stereocenters. The van der Waals surface area contributed by atoms with Crippen molar-refractivity contribution < 1.29 is 20.3 Å². The first-order chi connectivity index (χ1) is 5.91. The minimum atomic E-state index is 0. The second-order valence-electron chi connectivity index (χ2n) is 3.83. The summed E-state index contributed by atoms with van der Waals surface area (Å²) in [6.45, 7) is 4.56. The van der Waals surface area contributed by atoms with Crippen molar-refractivity contribution in [3.63, 3.8) is 0 Å². The first kappa shape index (κ1) is 16.0. The maximum Gasteiger partial charge on any atom is 1.00 e. The van der Waals surface area contributed by atoms with Crippen molar-refractivity contribution >= 4 is 0 Å². The van der Waals surface area contributed by atoms with Gasteiger partial charge in [-0.3, -0.25) is 0 Å². The van der Waals surface area contributed by atoms with E-state index in [2.05, 4.69) is 13.8 Å². The van der Waals surface area contributed by atoms with Gasteiger partial charge < -0.3 is 1.43 Å². The van der Waals surface area contributed by atoms with Crippen LogP contribution < -0.4 is 18.9 Å². The van der Waals surface area contributed by atoms with Crippen LogP contribution in [-0.2, 0) is 0 Å². The van der Waals surface area contributed by atoms with Gasteiger partial charge in [-0.25, -0.2) is 0 Å². The number of unbranched alkanes of at least 4 members (excludes halogenated alkanes) is 9. The molecule has 0 aromatic carbocycles. The predicted octanol–water partition coefficient (Wildman–Crippen LogP) is 2.04. The van der Waals surface area contributed by atoms with Gasteiger partial charge in [-0.05, 0) is 0 Å². The van der Waals surface area contributed by atoms with Gasteiger partial charge in [0.15, 0.2) is 0 Å². The third-order valence-electron chi connectivity index (χ3n) is 2.46. The summed E-state index contributed by atoms with van der Waals surface area (Å²) in [5.74, 6) is 0. The first-order valence-corrected chi connectivity index (χ1v) is 5.91. The smallest absolute Gasteiger partial charge is 1.00 e. The van der Waals surface area contributed by atoms with E-state index in [4.69, 9.17) is 0 Å². The van der Waals surface area contributed by atoms with E-state index in [1.54, 1.807) is 0 Å².